The number of ether oxygens (including phenoxy) is 1. The Labute approximate surface area is 124 Å². The molecule has 0 bridgehead atoms. The molecular formula is C16H22FNO3. The molecule has 116 valence electrons. The third-order valence-corrected chi connectivity index (χ3v) is 3.10. The number of carbonyl (C=O) groups is 1. The number of rotatable bonds is 8. The Bertz CT molecular complexity index is 500. The standard InChI is InChI=1S/C16H22FNO3/c1-12(2)18(6-7-21-3)11-14-8-13(4-5-16(19)20)9-15(17)10-14/h4-5,8-10,12H,6-7,11H2,1-3H3,(H,19,20)/b5-4+. The van der Waals surface area contributed by atoms with Gasteiger partial charge in [0.15, 0.2) is 0 Å². The topological polar surface area (TPSA) is 49.8 Å². The van der Waals surface area contributed by atoms with E-state index in [1.807, 2.05) is 0 Å². The van der Waals surface area contributed by atoms with Crippen molar-refractivity contribution in [2.75, 3.05) is 20.3 Å². The first kappa shape index (κ1) is 17.3. The fourth-order valence-electron chi connectivity index (χ4n) is 1.99. The average molecular weight is 295 g/mol. The highest BCUT2D eigenvalue weighted by Gasteiger charge is 2.11. The smallest absolute Gasteiger partial charge is 0.328 e. The Balaban J connectivity index is 2.88. The van der Waals surface area contributed by atoms with E-state index in [1.54, 1.807) is 13.2 Å². The first-order chi connectivity index (χ1) is 9.92. The molecule has 0 amide bonds. The van der Waals surface area contributed by atoms with Gasteiger partial charge in [0.1, 0.15) is 5.82 Å². The third kappa shape index (κ3) is 6.51. The fraction of sp³-hybridized carbons (Fsp3) is 0.438. The van der Waals surface area contributed by atoms with Crippen LogP contribution in [-0.4, -0.2) is 42.3 Å². The van der Waals surface area contributed by atoms with Crippen molar-refractivity contribution in [1.29, 1.82) is 0 Å². The van der Waals surface area contributed by atoms with Gasteiger partial charge in [-0.2, -0.15) is 0 Å². The number of hydrogen-bond acceptors (Lipinski definition) is 3. The summed E-state index contributed by atoms with van der Waals surface area (Å²) in [4.78, 5) is 12.7. The summed E-state index contributed by atoms with van der Waals surface area (Å²) < 4.78 is 18.7. The molecule has 0 saturated carbocycles. The summed E-state index contributed by atoms with van der Waals surface area (Å²) in [5.41, 5.74) is 1.35. The molecule has 0 radical (unpaired) electrons. The van der Waals surface area contributed by atoms with Crippen LogP contribution in [-0.2, 0) is 16.1 Å². The van der Waals surface area contributed by atoms with Crippen LogP contribution in [0.25, 0.3) is 6.08 Å². The third-order valence-electron chi connectivity index (χ3n) is 3.10. The molecule has 0 aliphatic rings. The second-order valence-corrected chi connectivity index (χ2v) is 5.12. The van der Waals surface area contributed by atoms with Crippen LogP contribution in [0.4, 0.5) is 4.39 Å². The van der Waals surface area contributed by atoms with E-state index in [0.717, 1.165) is 18.2 Å². The van der Waals surface area contributed by atoms with Gasteiger partial charge in [-0.15, -0.1) is 0 Å². The van der Waals surface area contributed by atoms with Crippen LogP contribution >= 0.6 is 0 Å². The lowest BCUT2D eigenvalue weighted by molar-refractivity contribution is -0.131. The number of halogens is 1. The van der Waals surface area contributed by atoms with Crippen molar-refractivity contribution in [1.82, 2.24) is 4.90 Å². The first-order valence-corrected chi connectivity index (χ1v) is 6.86. The highest BCUT2D eigenvalue weighted by atomic mass is 19.1. The van der Waals surface area contributed by atoms with Crippen molar-refractivity contribution in [2.45, 2.75) is 26.4 Å². The fourth-order valence-corrected chi connectivity index (χ4v) is 1.99. The molecule has 5 heteroatoms. The van der Waals surface area contributed by atoms with Crippen molar-refractivity contribution < 1.29 is 19.0 Å². The number of methoxy groups -OCH3 is 1. The van der Waals surface area contributed by atoms with Gasteiger partial charge in [0, 0.05) is 32.3 Å². The molecule has 0 heterocycles. The first-order valence-electron chi connectivity index (χ1n) is 6.86. The molecule has 0 atom stereocenters. The lowest BCUT2D eigenvalue weighted by Gasteiger charge is -2.26. The summed E-state index contributed by atoms with van der Waals surface area (Å²) in [7, 11) is 1.65. The zero-order valence-electron chi connectivity index (χ0n) is 12.7. The monoisotopic (exact) mass is 295 g/mol. The predicted octanol–water partition coefficient (Wildman–Crippen LogP) is 2.78. The maximum atomic E-state index is 13.6. The largest absolute Gasteiger partial charge is 0.478 e. The van der Waals surface area contributed by atoms with Crippen LogP contribution in [0.15, 0.2) is 24.3 Å². The number of carboxylic acids is 1. The lowest BCUT2D eigenvalue weighted by atomic mass is 10.1. The molecule has 0 aliphatic heterocycles. The number of hydrogen-bond donors (Lipinski definition) is 1. The molecular weight excluding hydrogens is 273 g/mol. The summed E-state index contributed by atoms with van der Waals surface area (Å²) >= 11 is 0. The van der Waals surface area contributed by atoms with Crippen molar-refractivity contribution in [3.05, 3.63) is 41.2 Å². The van der Waals surface area contributed by atoms with Crippen molar-refractivity contribution >= 4 is 12.0 Å². The Morgan fingerprint density at radius 2 is 2.14 bits per heavy atom. The minimum Gasteiger partial charge on any atom is -0.478 e. The Hall–Kier alpha value is -1.72. The van der Waals surface area contributed by atoms with Gasteiger partial charge in [-0.05, 0) is 43.2 Å². The minimum absolute atomic E-state index is 0.307. The zero-order valence-corrected chi connectivity index (χ0v) is 12.7. The molecule has 1 N–H and O–H groups in total. The van der Waals surface area contributed by atoms with Gasteiger partial charge in [0.2, 0.25) is 0 Å². The van der Waals surface area contributed by atoms with Crippen LogP contribution < -0.4 is 0 Å². The molecule has 21 heavy (non-hydrogen) atoms. The second kappa shape index (κ2) is 8.54. The quantitative estimate of drug-likeness (QED) is 0.749. The molecule has 0 saturated heterocycles. The molecule has 1 rings (SSSR count). The summed E-state index contributed by atoms with van der Waals surface area (Å²) in [6.07, 6.45) is 2.40. The average Bonchev–Trinajstić information content (AvgIpc) is 2.40. The van der Waals surface area contributed by atoms with Crippen molar-refractivity contribution in [2.24, 2.45) is 0 Å². The van der Waals surface area contributed by atoms with E-state index in [1.165, 1.54) is 18.2 Å². The second-order valence-electron chi connectivity index (χ2n) is 5.12. The van der Waals surface area contributed by atoms with Gasteiger partial charge >= 0.3 is 5.97 Å². The Kier molecular flexibility index (Phi) is 7.05. The van der Waals surface area contributed by atoms with Gasteiger partial charge in [0.25, 0.3) is 0 Å². The van der Waals surface area contributed by atoms with E-state index in [2.05, 4.69) is 18.7 Å². The molecule has 0 spiro atoms. The van der Waals surface area contributed by atoms with Crippen LogP contribution in [0.5, 0.6) is 0 Å². The minimum atomic E-state index is -1.05. The summed E-state index contributed by atoms with van der Waals surface area (Å²) in [5, 5.41) is 8.63. The number of nitrogens with zero attached hydrogens (tertiary/aromatic N) is 1. The van der Waals surface area contributed by atoms with E-state index in [0.29, 0.717) is 24.8 Å². The lowest BCUT2D eigenvalue weighted by Crippen LogP contribution is -2.33. The maximum absolute atomic E-state index is 13.6. The summed E-state index contributed by atoms with van der Waals surface area (Å²) in [6, 6.07) is 4.89. The van der Waals surface area contributed by atoms with Gasteiger partial charge in [-0.1, -0.05) is 6.07 Å². The van der Waals surface area contributed by atoms with Gasteiger partial charge in [0.05, 0.1) is 6.61 Å². The highest BCUT2D eigenvalue weighted by molar-refractivity contribution is 5.85. The molecule has 0 unspecified atom stereocenters. The van der Waals surface area contributed by atoms with Crippen LogP contribution in [0, 0.1) is 5.82 Å². The Morgan fingerprint density at radius 3 is 2.71 bits per heavy atom. The normalized spacial score (nSPS) is 11.7. The van der Waals surface area contributed by atoms with E-state index < -0.39 is 5.97 Å². The van der Waals surface area contributed by atoms with E-state index in [9.17, 15) is 9.18 Å². The highest BCUT2D eigenvalue weighted by Crippen LogP contribution is 2.14. The maximum Gasteiger partial charge on any atom is 0.328 e. The van der Waals surface area contributed by atoms with E-state index in [-0.39, 0.29) is 5.82 Å². The van der Waals surface area contributed by atoms with E-state index >= 15 is 0 Å². The predicted molar refractivity (Wildman–Crippen MR) is 80.5 cm³/mol. The SMILES string of the molecule is COCCN(Cc1cc(F)cc(/C=C/C(=O)O)c1)C(C)C. The summed E-state index contributed by atoms with van der Waals surface area (Å²) in [5.74, 6) is -1.42. The molecule has 1 aromatic rings. The number of aliphatic carboxylic acids is 1. The van der Waals surface area contributed by atoms with Gasteiger partial charge in [-0.3, -0.25) is 4.90 Å². The molecule has 1 aromatic carbocycles. The van der Waals surface area contributed by atoms with Crippen molar-refractivity contribution in [3.63, 3.8) is 0 Å². The molecule has 0 fully saturated rings. The van der Waals surface area contributed by atoms with Crippen molar-refractivity contribution in [3.8, 4) is 0 Å². The number of carboxylic acid groups (broad SMARTS) is 1. The molecule has 0 aliphatic carbocycles. The van der Waals surface area contributed by atoms with Gasteiger partial charge < -0.3 is 9.84 Å². The zero-order chi connectivity index (χ0) is 15.8. The van der Waals surface area contributed by atoms with E-state index in [4.69, 9.17) is 9.84 Å². The molecule has 0 aromatic heterocycles. The van der Waals surface area contributed by atoms with Crippen LogP contribution in [0.2, 0.25) is 0 Å². The Morgan fingerprint density at radius 1 is 1.43 bits per heavy atom. The number of benzene rings is 1. The van der Waals surface area contributed by atoms with Crippen LogP contribution in [0.3, 0.4) is 0 Å². The summed E-state index contributed by atoms with van der Waals surface area (Å²) in [6.45, 7) is 6.09. The molecule has 4 nitrogen and oxygen atoms in total. The van der Waals surface area contributed by atoms with Crippen LogP contribution in [0.1, 0.15) is 25.0 Å². The van der Waals surface area contributed by atoms with Gasteiger partial charge in [-0.25, -0.2) is 9.18 Å².